The number of likely N-dealkylation sites (tertiary alicyclic amines) is 1. The Morgan fingerprint density at radius 2 is 1.77 bits per heavy atom. The number of rotatable bonds is 8. The second-order valence-corrected chi connectivity index (χ2v) is 11.9. The number of piperidine rings is 1. The van der Waals surface area contributed by atoms with Crippen molar-refractivity contribution < 1.29 is 4.39 Å². The minimum absolute atomic E-state index is 0.0398. The topological polar surface area (TPSA) is 94.7 Å². The average molecular weight is 650 g/mol. The molecule has 0 aliphatic carbocycles. The number of nitrogens with one attached hydrogen (secondary N) is 2. The van der Waals surface area contributed by atoms with E-state index in [9.17, 15) is 9.65 Å². The first-order valence-corrected chi connectivity index (χ1v) is 15.4. The van der Waals surface area contributed by atoms with Gasteiger partial charge in [0.05, 0.1) is 45.1 Å². The van der Waals surface area contributed by atoms with Crippen LogP contribution in [-0.2, 0) is 0 Å². The molecule has 0 spiro atoms. The maximum atomic E-state index is 13.8. The quantitative estimate of drug-likeness (QED) is 0.174. The van der Waals surface area contributed by atoms with Crippen LogP contribution >= 0.6 is 34.8 Å². The molecule has 5 aromatic rings. The number of hydrogen-bond acceptors (Lipinski definition) is 7. The highest BCUT2D eigenvalue weighted by Gasteiger charge is 2.24. The Labute approximate surface area is 269 Å². The highest BCUT2D eigenvalue weighted by Crippen LogP contribution is 2.37. The lowest BCUT2D eigenvalue weighted by Crippen LogP contribution is -2.34. The van der Waals surface area contributed by atoms with Crippen LogP contribution < -0.4 is 10.6 Å². The second kappa shape index (κ2) is 13.0. The van der Waals surface area contributed by atoms with Crippen LogP contribution in [0, 0.1) is 17.1 Å². The maximum absolute atomic E-state index is 13.8. The first kappa shape index (κ1) is 30.1. The van der Waals surface area contributed by atoms with Gasteiger partial charge in [-0.15, -0.1) is 5.10 Å². The van der Waals surface area contributed by atoms with Gasteiger partial charge >= 0.3 is 0 Å². The van der Waals surface area contributed by atoms with Crippen LogP contribution in [-0.4, -0.2) is 44.5 Å². The SMILES string of the molecule is CCN1CCC(n2cc([C@@H](Nc3cc(Cl)c4ncc(C#N)c(Nc5ccc(F)c(Cl)c5)c4c3)c3ccc(Cl)cc3)nn2)CC1. The van der Waals surface area contributed by atoms with Gasteiger partial charge in [0.1, 0.15) is 17.6 Å². The third kappa shape index (κ3) is 6.30. The van der Waals surface area contributed by atoms with Crippen LogP contribution in [0.3, 0.4) is 0 Å². The Hall–Kier alpha value is -3.94. The van der Waals surface area contributed by atoms with Crippen LogP contribution in [0.5, 0.6) is 0 Å². The van der Waals surface area contributed by atoms with Crippen molar-refractivity contribution in [2.75, 3.05) is 30.3 Å². The molecule has 6 rings (SSSR count). The van der Waals surface area contributed by atoms with E-state index in [0.29, 0.717) is 38.0 Å². The molecule has 1 fully saturated rings. The summed E-state index contributed by atoms with van der Waals surface area (Å²) in [5, 5.41) is 27.4. The van der Waals surface area contributed by atoms with Gasteiger partial charge in [-0.25, -0.2) is 9.07 Å². The highest BCUT2D eigenvalue weighted by molar-refractivity contribution is 6.36. The molecule has 1 aliphatic rings. The predicted molar refractivity (Wildman–Crippen MR) is 173 cm³/mol. The Balaban J connectivity index is 1.38. The van der Waals surface area contributed by atoms with Gasteiger partial charge < -0.3 is 15.5 Å². The van der Waals surface area contributed by atoms with Gasteiger partial charge in [0.15, 0.2) is 0 Å². The molecule has 1 atom stereocenters. The van der Waals surface area contributed by atoms with Gasteiger partial charge in [-0.05, 0) is 67.4 Å². The molecule has 0 radical (unpaired) electrons. The van der Waals surface area contributed by atoms with Gasteiger partial charge in [0.2, 0.25) is 0 Å². The molecule has 1 aliphatic heterocycles. The van der Waals surface area contributed by atoms with E-state index in [4.69, 9.17) is 34.8 Å². The van der Waals surface area contributed by atoms with Crippen molar-refractivity contribution in [2.24, 2.45) is 0 Å². The molecule has 2 N–H and O–H groups in total. The standard InChI is InChI=1S/C32H28Cl3FN8/c1-2-43-11-9-24(10-12-43)44-18-29(41-42-44)31(19-3-5-21(33)6-4-19)40-23-13-25-30(39-22-7-8-28(36)26(34)14-22)20(16-37)17-38-32(25)27(35)15-23/h3-8,13-15,17-18,24,31,40H,2,9-12H2,1H3,(H,38,39)/t31-/m0/s1. The number of nitrogens with zero attached hydrogens (tertiary/aromatic N) is 6. The van der Waals surface area contributed by atoms with E-state index in [0.717, 1.165) is 43.7 Å². The minimum Gasteiger partial charge on any atom is -0.373 e. The molecule has 44 heavy (non-hydrogen) atoms. The van der Waals surface area contributed by atoms with E-state index < -0.39 is 5.82 Å². The van der Waals surface area contributed by atoms with Crippen molar-refractivity contribution in [1.82, 2.24) is 24.9 Å². The van der Waals surface area contributed by atoms with Gasteiger partial charge in [-0.1, -0.05) is 59.1 Å². The molecule has 0 unspecified atom stereocenters. The fourth-order valence-corrected chi connectivity index (χ4v) is 6.11. The first-order valence-electron chi connectivity index (χ1n) is 14.2. The van der Waals surface area contributed by atoms with E-state index in [1.165, 1.54) is 18.3 Å². The van der Waals surface area contributed by atoms with Crippen LogP contribution in [0.25, 0.3) is 10.9 Å². The molecule has 8 nitrogen and oxygen atoms in total. The Morgan fingerprint density at radius 3 is 2.48 bits per heavy atom. The zero-order valence-electron chi connectivity index (χ0n) is 23.7. The molecule has 0 saturated carbocycles. The summed E-state index contributed by atoms with van der Waals surface area (Å²) in [6, 6.07) is 17.6. The van der Waals surface area contributed by atoms with Gasteiger partial charge in [0, 0.05) is 41.1 Å². The van der Waals surface area contributed by atoms with Crippen LogP contribution in [0.15, 0.2) is 67.0 Å². The van der Waals surface area contributed by atoms with Crippen molar-refractivity contribution in [3.63, 3.8) is 0 Å². The number of anilines is 3. The van der Waals surface area contributed by atoms with E-state index in [2.05, 4.69) is 43.8 Å². The molecular formula is C32H28Cl3FN8. The summed E-state index contributed by atoms with van der Waals surface area (Å²) in [5.74, 6) is -0.538. The van der Waals surface area contributed by atoms with Crippen LogP contribution in [0.1, 0.15) is 48.7 Å². The lowest BCUT2D eigenvalue weighted by Gasteiger charge is -2.30. The first-order chi connectivity index (χ1) is 21.3. The van der Waals surface area contributed by atoms with Crippen LogP contribution in [0.4, 0.5) is 21.5 Å². The Morgan fingerprint density at radius 1 is 1.02 bits per heavy atom. The summed E-state index contributed by atoms with van der Waals surface area (Å²) < 4.78 is 15.8. The highest BCUT2D eigenvalue weighted by atomic mass is 35.5. The van der Waals surface area contributed by atoms with Gasteiger partial charge in [-0.3, -0.25) is 4.98 Å². The number of hydrogen-bond donors (Lipinski definition) is 2. The van der Waals surface area contributed by atoms with Gasteiger partial charge in [-0.2, -0.15) is 5.26 Å². The second-order valence-electron chi connectivity index (χ2n) is 10.7. The molecule has 0 amide bonds. The summed E-state index contributed by atoms with van der Waals surface area (Å²) in [5.41, 5.74) is 4.11. The van der Waals surface area contributed by atoms with E-state index in [-0.39, 0.29) is 22.7 Å². The lowest BCUT2D eigenvalue weighted by molar-refractivity contribution is 0.186. The Kier molecular flexibility index (Phi) is 8.87. The van der Waals surface area contributed by atoms with Crippen LogP contribution in [0.2, 0.25) is 15.1 Å². The monoisotopic (exact) mass is 648 g/mol. The molecule has 0 bridgehead atoms. The number of fused-ring (bicyclic) bond motifs is 1. The lowest BCUT2D eigenvalue weighted by atomic mass is 10.0. The zero-order chi connectivity index (χ0) is 30.8. The van der Waals surface area contributed by atoms with Crippen molar-refractivity contribution in [2.45, 2.75) is 31.8 Å². The maximum Gasteiger partial charge on any atom is 0.141 e. The fraction of sp³-hybridized carbons (Fsp3) is 0.250. The van der Waals surface area contributed by atoms with E-state index in [1.54, 1.807) is 12.1 Å². The van der Waals surface area contributed by atoms with Crippen molar-refractivity contribution in [3.8, 4) is 6.07 Å². The average Bonchev–Trinajstić information content (AvgIpc) is 3.52. The molecular weight excluding hydrogens is 622 g/mol. The summed E-state index contributed by atoms with van der Waals surface area (Å²) in [6.07, 6.45) is 5.48. The Bertz CT molecular complexity index is 1850. The molecule has 2 aromatic heterocycles. The van der Waals surface area contributed by atoms with Crippen molar-refractivity contribution >= 4 is 62.8 Å². The molecule has 12 heteroatoms. The summed E-state index contributed by atoms with van der Waals surface area (Å²) in [4.78, 5) is 6.89. The minimum atomic E-state index is -0.538. The van der Waals surface area contributed by atoms with E-state index >= 15 is 0 Å². The number of benzene rings is 3. The summed E-state index contributed by atoms with van der Waals surface area (Å²) in [6.45, 7) is 5.30. The normalized spacial score (nSPS) is 14.8. The summed E-state index contributed by atoms with van der Waals surface area (Å²) in [7, 11) is 0. The van der Waals surface area contributed by atoms with E-state index in [1.807, 2.05) is 41.2 Å². The number of pyridine rings is 1. The number of nitriles is 1. The molecule has 3 aromatic carbocycles. The largest absolute Gasteiger partial charge is 0.373 e. The van der Waals surface area contributed by atoms with Gasteiger partial charge in [0.25, 0.3) is 0 Å². The number of aromatic nitrogens is 4. The molecule has 3 heterocycles. The van der Waals surface area contributed by atoms with Crippen molar-refractivity contribution in [3.05, 3.63) is 105 Å². The third-order valence-corrected chi connectivity index (χ3v) is 8.78. The smallest absolute Gasteiger partial charge is 0.141 e. The summed E-state index contributed by atoms with van der Waals surface area (Å²) >= 11 is 19.0. The molecule has 1 saturated heterocycles. The third-order valence-electron chi connectivity index (χ3n) is 7.95. The zero-order valence-corrected chi connectivity index (χ0v) is 26.0. The fourth-order valence-electron chi connectivity index (χ4n) is 5.53. The molecule has 224 valence electrons. The predicted octanol–water partition coefficient (Wildman–Crippen LogP) is 8.40. The van der Waals surface area contributed by atoms with Crippen molar-refractivity contribution in [1.29, 1.82) is 5.26 Å². The number of halogens is 4.